The van der Waals surface area contributed by atoms with E-state index in [1.165, 1.54) is 27.4 Å². The van der Waals surface area contributed by atoms with Gasteiger partial charge >= 0.3 is 0 Å². The summed E-state index contributed by atoms with van der Waals surface area (Å²) in [4.78, 5) is 23.6. The lowest BCUT2D eigenvalue weighted by Crippen LogP contribution is -2.20. The van der Waals surface area contributed by atoms with E-state index in [-0.39, 0.29) is 28.7 Å². The number of phenols is 1. The van der Waals surface area contributed by atoms with Crippen LogP contribution in [0.4, 0.5) is 0 Å². The number of methoxy groups -OCH3 is 3. The Kier molecular flexibility index (Phi) is 5.21. The van der Waals surface area contributed by atoms with Crippen molar-refractivity contribution in [1.82, 2.24) is 5.32 Å². The Balaban J connectivity index is 2.43. The van der Waals surface area contributed by atoms with E-state index in [0.717, 1.165) is 11.1 Å². The van der Waals surface area contributed by atoms with Gasteiger partial charge < -0.3 is 24.6 Å². The number of phenolic OH excluding ortho intramolecular Hbond substituents is 1. The van der Waals surface area contributed by atoms with Crippen LogP contribution in [0.1, 0.15) is 23.6 Å². The predicted molar refractivity (Wildman–Crippen MR) is 99.7 cm³/mol. The minimum absolute atomic E-state index is 0.0288. The van der Waals surface area contributed by atoms with Crippen molar-refractivity contribution in [2.45, 2.75) is 18.9 Å². The van der Waals surface area contributed by atoms with E-state index in [4.69, 9.17) is 14.2 Å². The topological polar surface area (TPSA) is 94.1 Å². The molecule has 7 heteroatoms. The maximum absolute atomic E-state index is 12.5. The number of aromatic hydroxyl groups is 1. The van der Waals surface area contributed by atoms with Gasteiger partial charge in [0.05, 0.1) is 27.4 Å². The molecule has 0 heterocycles. The first-order chi connectivity index (χ1) is 13.0. The lowest BCUT2D eigenvalue weighted by Gasteiger charge is -2.18. The number of rotatable bonds is 5. The Morgan fingerprint density at radius 3 is 2.48 bits per heavy atom. The molecule has 2 aromatic rings. The number of hydrogen-bond donors (Lipinski definition) is 2. The number of carbonyl (C=O) groups is 1. The first-order valence-electron chi connectivity index (χ1n) is 8.44. The van der Waals surface area contributed by atoms with Crippen molar-refractivity contribution in [1.29, 1.82) is 0 Å². The highest BCUT2D eigenvalue weighted by Crippen LogP contribution is 2.49. The highest BCUT2D eigenvalue weighted by Gasteiger charge is 2.28. The molecular formula is C20H21NO6. The van der Waals surface area contributed by atoms with Crippen LogP contribution in [-0.4, -0.2) is 32.8 Å². The fourth-order valence-electron chi connectivity index (χ4n) is 3.59. The van der Waals surface area contributed by atoms with Crippen LogP contribution >= 0.6 is 0 Å². The van der Waals surface area contributed by atoms with Gasteiger partial charge in [-0.3, -0.25) is 9.59 Å². The van der Waals surface area contributed by atoms with E-state index < -0.39 is 0 Å². The van der Waals surface area contributed by atoms with Crippen LogP contribution < -0.4 is 25.0 Å². The van der Waals surface area contributed by atoms with E-state index >= 15 is 0 Å². The van der Waals surface area contributed by atoms with Crippen LogP contribution in [0.25, 0.3) is 11.1 Å². The molecule has 1 amide bonds. The third kappa shape index (κ3) is 3.16. The third-order valence-corrected chi connectivity index (χ3v) is 4.78. The molecular weight excluding hydrogens is 350 g/mol. The van der Waals surface area contributed by atoms with Crippen LogP contribution in [0.5, 0.6) is 23.0 Å². The molecule has 142 valence electrons. The van der Waals surface area contributed by atoms with E-state index in [1.54, 1.807) is 18.2 Å². The summed E-state index contributed by atoms with van der Waals surface area (Å²) in [6.45, 7) is 0. The molecule has 0 saturated heterocycles. The van der Waals surface area contributed by atoms with Crippen LogP contribution in [0, 0.1) is 0 Å². The smallest absolute Gasteiger partial charge is 0.220 e. The Labute approximate surface area is 156 Å². The Morgan fingerprint density at radius 2 is 1.85 bits per heavy atom. The van der Waals surface area contributed by atoms with Gasteiger partial charge in [-0.15, -0.1) is 0 Å². The third-order valence-electron chi connectivity index (χ3n) is 4.78. The highest BCUT2D eigenvalue weighted by atomic mass is 16.5. The summed E-state index contributed by atoms with van der Waals surface area (Å²) in [5, 5.41) is 13.1. The number of aryl methyl sites for hydroxylation is 1. The molecule has 27 heavy (non-hydrogen) atoms. The SMILES string of the molecule is COc1c(O)cc2c(c1OC)-c1ccc(OC)c(=O)cc1[C@H](NC=O)CC2. The quantitative estimate of drug-likeness (QED) is 0.783. The van der Waals surface area contributed by atoms with E-state index in [2.05, 4.69) is 5.32 Å². The lowest BCUT2D eigenvalue weighted by molar-refractivity contribution is -0.110. The number of carbonyl (C=O) groups excluding carboxylic acids is 1. The fraction of sp³-hybridized carbons (Fsp3) is 0.300. The normalized spacial score (nSPS) is 15.0. The maximum atomic E-state index is 12.5. The van der Waals surface area contributed by atoms with Crippen molar-refractivity contribution >= 4 is 6.41 Å². The molecule has 0 bridgehead atoms. The molecule has 1 aliphatic rings. The number of benzene rings is 1. The van der Waals surface area contributed by atoms with Crippen LogP contribution in [-0.2, 0) is 11.2 Å². The number of amides is 1. The number of hydrogen-bond acceptors (Lipinski definition) is 6. The zero-order valence-electron chi connectivity index (χ0n) is 15.4. The van der Waals surface area contributed by atoms with Crippen molar-refractivity contribution in [2.24, 2.45) is 0 Å². The standard InChI is InChI=1S/C20H21NO6/c1-25-17-7-5-12-13(9-15(17)23)14(21-10-22)6-4-11-8-16(24)19(26-2)20(27-3)18(11)12/h5,7-10,14,24H,4,6H2,1-3H3,(H,21,22)/t14-/m1/s1. The molecule has 0 aliphatic heterocycles. The Morgan fingerprint density at radius 1 is 1.11 bits per heavy atom. The zero-order chi connectivity index (χ0) is 19.6. The van der Waals surface area contributed by atoms with Crippen molar-refractivity contribution in [3.8, 4) is 34.1 Å². The van der Waals surface area contributed by atoms with Crippen molar-refractivity contribution in [2.75, 3.05) is 21.3 Å². The van der Waals surface area contributed by atoms with E-state index in [1.807, 2.05) is 0 Å². The molecule has 0 aromatic heterocycles. The van der Waals surface area contributed by atoms with Crippen molar-refractivity contribution in [3.63, 3.8) is 0 Å². The summed E-state index contributed by atoms with van der Waals surface area (Å²) in [5.41, 5.74) is 2.62. The first kappa shape index (κ1) is 18.6. The molecule has 1 aliphatic carbocycles. The van der Waals surface area contributed by atoms with Gasteiger partial charge in [-0.1, -0.05) is 6.07 Å². The Hall–Kier alpha value is -3.22. The number of fused-ring (bicyclic) bond motifs is 3. The van der Waals surface area contributed by atoms with Gasteiger partial charge in [0.2, 0.25) is 17.6 Å². The summed E-state index contributed by atoms with van der Waals surface area (Å²) in [5.74, 6) is 0.751. The molecule has 1 atom stereocenters. The summed E-state index contributed by atoms with van der Waals surface area (Å²) < 4.78 is 16.0. The second kappa shape index (κ2) is 7.57. The van der Waals surface area contributed by atoms with Crippen LogP contribution in [0.2, 0.25) is 0 Å². The van der Waals surface area contributed by atoms with Gasteiger partial charge in [-0.05, 0) is 47.7 Å². The van der Waals surface area contributed by atoms with Crippen molar-refractivity contribution in [3.05, 3.63) is 45.6 Å². The van der Waals surface area contributed by atoms with E-state index in [9.17, 15) is 14.7 Å². The summed E-state index contributed by atoms with van der Waals surface area (Å²) in [6, 6.07) is 6.09. The molecule has 3 rings (SSSR count). The number of nitrogens with one attached hydrogen (secondary N) is 1. The fourth-order valence-corrected chi connectivity index (χ4v) is 3.59. The largest absolute Gasteiger partial charge is 0.504 e. The van der Waals surface area contributed by atoms with Gasteiger partial charge in [0, 0.05) is 5.56 Å². The second-order valence-electron chi connectivity index (χ2n) is 6.15. The van der Waals surface area contributed by atoms with Gasteiger partial charge in [0.1, 0.15) is 0 Å². The van der Waals surface area contributed by atoms with Crippen LogP contribution in [0.15, 0.2) is 29.1 Å². The summed E-state index contributed by atoms with van der Waals surface area (Å²) >= 11 is 0. The lowest BCUT2D eigenvalue weighted by atomic mass is 9.95. The second-order valence-corrected chi connectivity index (χ2v) is 6.15. The highest BCUT2D eigenvalue weighted by molar-refractivity contribution is 5.82. The molecule has 2 N–H and O–H groups in total. The minimum Gasteiger partial charge on any atom is -0.504 e. The molecule has 7 nitrogen and oxygen atoms in total. The minimum atomic E-state index is -0.368. The van der Waals surface area contributed by atoms with Crippen LogP contribution in [0.3, 0.4) is 0 Å². The average molecular weight is 371 g/mol. The zero-order valence-corrected chi connectivity index (χ0v) is 15.4. The monoisotopic (exact) mass is 371 g/mol. The summed E-state index contributed by atoms with van der Waals surface area (Å²) in [7, 11) is 4.37. The molecule has 0 spiro atoms. The molecule has 0 fully saturated rings. The van der Waals surface area contributed by atoms with Gasteiger partial charge in [-0.25, -0.2) is 0 Å². The molecule has 0 unspecified atom stereocenters. The average Bonchev–Trinajstić information content (AvgIpc) is 2.90. The Bertz CT molecular complexity index is 941. The first-order valence-corrected chi connectivity index (χ1v) is 8.44. The van der Waals surface area contributed by atoms with Crippen molar-refractivity contribution < 1.29 is 24.1 Å². The summed E-state index contributed by atoms with van der Waals surface area (Å²) in [6.07, 6.45) is 1.74. The molecule has 2 aromatic carbocycles. The van der Waals surface area contributed by atoms with Gasteiger partial charge in [-0.2, -0.15) is 0 Å². The van der Waals surface area contributed by atoms with Gasteiger partial charge in [0.15, 0.2) is 17.2 Å². The maximum Gasteiger partial charge on any atom is 0.220 e. The van der Waals surface area contributed by atoms with E-state index in [0.29, 0.717) is 36.1 Å². The van der Waals surface area contributed by atoms with Gasteiger partial charge in [0.25, 0.3) is 0 Å². The molecule has 0 saturated carbocycles. The molecule has 0 radical (unpaired) electrons. The predicted octanol–water partition coefficient (Wildman–Crippen LogP) is 2.18. The number of ether oxygens (including phenoxy) is 3.